The lowest BCUT2D eigenvalue weighted by Gasteiger charge is -2.52. The first-order valence-electron chi connectivity index (χ1n) is 14.1. The van der Waals surface area contributed by atoms with Crippen molar-refractivity contribution in [3.8, 4) is 0 Å². The normalized spacial score (nSPS) is 37.4. The van der Waals surface area contributed by atoms with Crippen molar-refractivity contribution in [1.82, 2.24) is 4.90 Å². The number of fused-ring (bicyclic) bond motifs is 5. The highest BCUT2D eigenvalue weighted by Crippen LogP contribution is 2.65. The molecule has 0 spiro atoms. The number of carbonyl (C=O) groups excluding carboxylic acids is 2. The van der Waals surface area contributed by atoms with Crippen LogP contribution in [0.5, 0.6) is 0 Å². The Bertz CT molecular complexity index is 1210. The second kappa shape index (κ2) is 9.24. The lowest BCUT2D eigenvalue weighted by molar-refractivity contribution is -0.129. The zero-order chi connectivity index (χ0) is 25.9. The maximum atomic E-state index is 13.9. The molecule has 4 aliphatic carbocycles. The van der Waals surface area contributed by atoms with Crippen molar-refractivity contribution in [2.75, 3.05) is 37.6 Å². The first-order valence-corrected chi connectivity index (χ1v) is 14.5. The molecule has 0 aromatic heterocycles. The van der Waals surface area contributed by atoms with Crippen LogP contribution in [-0.2, 0) is 9.59 Å². The van der Waals surface area contributed by atoms with Gasteiger partial charge in [0.2, 0.25) is 0 Å². The minimum atomic E-state index is -0.119. The topological polar surface area (TPSA) is 40.6 Å². The molecule has 1 aliphatic heterocycles. The Morgan fingerprint density at radius 1 is 1.16 bits per heavy atom. The number of benzene rings is 1. The standard InChI is InChI=1S/C32H39ClN2O2/c1-21-17-28-26-8-7-22-18-25(36)9-11-31(22,2)27(26)10-12-32(28,3)30(21)29(37)20-34-13-15-35(16-14-34)24-6-4-5-23(33)19-24/h4-6,9-11,18-19,21,26,28,30H,7-8,12-17,20H2,1-3H3/t21-,26-,28+,30-,31+,32+/m1/s1. The van der Waals surface area contributed by atoms with Gasteiger partial charge in [-0.05, 0) is 86.1 Å². The molecule has 1 saturated heterocycles. The summed E-state index contributed by atoms with van der Waals surface area (Å²) in [6, 6.07) is 8.06. The van der Waals surface area contributed by atoms with Gasteiger partial charge in [0.1, 0.15) is 0 Å². The number of carbonyl (C=O) groups is 2. The highest BCUT2D eigenvalue weighted by atomic mass is 35.5. The van der Waals surface area contributed by atoms with Crippen molar-refractivity contribution in [3.63, 3.8) is 0 Å². The molecule has 6 atom stereocenters. The molecule has 6 rings (SSSR count). The Morgan fingerprint density at radius 2 is 1.95 bits per heavy atom. The lowest BCUT2D eigenvalue weighted by Crippen LogP contribution is -2.50. The van der Waals surface area contributed by atoms with Crippen molar-refractivity contribution < 1.29 is 9.59 Å². The smallest absolute Gasteiger partial charge is 0.178 e. The van der Waals surface area contributed by atoms with Crippen molar-refractivity contribution in [2.45, 2.75) is 46.5 Å². The molecule has 1 heterocycles. The predicted molar refractivity (Wildman–Crippen MR) is 150 cm³/mol. The van der Waals surface area contributed by atoms with Gasteiger partial charge < -0.3 is 4.90 Å². The lowest BCUT2D eigenvalue weighted by atomic mass is 9.52. The highest BCUT2D eigenvalue weighted by molar-refractivity contribution is 6.30. The Morgan fingerprint density at radius 3 is 2.70 bits per heavy atom. The summed E-state index contributed by atoms with van der Waals surface area (Å²) in [5.41, 5.74) is 3.86. The summed E-state index contributed by atoms with van der Waals surface area (Å²) in [6.07, 6.45) is 12.5. The Kier molecular flexibility index (Phi) is 6.27. The first kappa shape index (κ1) is 25.1. The molecule has 2 saturated carbocycles. The van der Waals surface area contributed by atoms with Gasteiger partial charge in [0, 0.05) is 48.2 Å². The van der Waals surface area contributed by atoms with E-state index in [2.05, 4.69) is 48.8 Å². The van der Waals surface area contributed by atoms with E-state index in [1.807, 2.05) is 24.3 Å². The van der Waals surface area contributed by atoms with Crippen LogP contribution >= 0.6 is 11.6 Å². The second-order valence-corrected chi connectivity index (χ2v) is 13.1. The average molecular weight is 519 g/mol. The number of anilines is 1. The van der Waals surface area contributed by atoms with E-state index in [0.29, 0.717) is 30.1 Å². The molecule has 37 heavy (non-hydrogen) atoms. The first-order chi connectivity index (χ1) is 17.7. The molecule has 5 aliphatic rings. The van der Waals surface area contributed by atoms with Crippen LogP contribution in [0.15, 0.2) is 59.7 Å². The summed E-state index contributed by atoms with van der Waals surface area (Å²) in [5.74, 6) is 2.16. The van der Waals surface area contributed by atoms with Crippen molar-refractivity contribution in [1.29, 1.82) is 0 Å². The third-order valence-corrected chi connectivity index (χ3v) is 10.8. The van der Waals surface area contributed by atoms with Gasteiger partial charge >= 0.3 is 0 Å². The number of piperazine rings is 1. The maximum Gasteiger partial charge on any atom is 0.178 e. The number of Topliss-reactive ketones (excluding diaryl/α,β-unsaturated/α-hetero) is 1. The van der Waals surface area contributed by atoms with E-state index in [0.717, 1.165) is 56.9 Å². The fourth-order valence-electron chi connectivity index (χ4n) is 8.73. The molecule has 4 nitrogen and oxygen atoms in total. The van der Waals surface area contributed by atoms with Crippen molar-refractivity contribution in [2.24, 2.45) is 34.5 Å². The molecule has 0 radical (unpaired) electrons. The molecule has 0 amide bonds. The molecule has 5 heteroatoms. The van der Waals surface area contributed by atoms with Gasteiger partial charge in [0.15, 0.2) is 11.6 Å². The van der Waals surface area contributed by atoms with Crippen LogP contribution in [-0.4, -0.2) is 49.2 Å². The van der Waals surface area contributed by atoms with E-state index >= 15 is 0 Å². The number of nitrogens with zero attached hydrogens (tertiary/aromatic N) is 2. The monoisotopic (exact) mass is 518 g/mol. The number of halogens is 1. The van der Waals surface area contributed by atoms with E-state index in [-0.39, 0.29) is 22.5 Å². The Labute approximate surface area is 226 Å². The molecule has 0 N–H and O–H groups in total. The summed E-state index contributed by atoms with van der Waals surface area (Å²) in [4.78, 5) is 30.7. The van der Waals surface area contributed by atoms with E-state index in [1.54, 1.807) is 6.08 Å². The van der Waals surface area contributed by atoms with Crippen LogP contribution in [0.4, 0.5) is 5.69 Å². The third kappa shape index (κ3) is 4.15. The zero-order valence-corrected chi connectivity index (χ0v) is 23.1. The van der Waals surface area contributed by atoms with Gasteiger partial charge in [-0.3, -0.25) is 14.5 Å². The molecule has 1 aromatic carbocycles. The minimum absolute atomic E-state index is 0.0268. The Hall–Kier alpha value is -2.17. The van der Waals surface area contributed by atoms with E-state index in [1.165, 1.54) is 16.8 Å². The van der Waals surface area contributed by atoms with Gasteiger partial charge in [-0.15, -0.1) is 0 Å². The molecular formula is C32H39ClN2O2. The maximum absolute atomic E-state index is 13.9. The molecule has 196 valence electrons. The van der Waals surface area contributed by atoms with Crippen LogP contribution in [0.2, 0.25) is 5.02 Å². The predicted octanol–water partition coefficient (Wildman–Crippen LogP) is 6.12. The minimum Gasteiger partial charge on any atom is -0.369 e. The van der Waals surface area contributed by atoms with Crippen LogP contribution in [0, 0.1) is 34.5 Å². The third-order valence-electron chi connectivity index (χ3n) is 10.6. The fourth-order valence-corrected chi connectivity index (χ4v) is 8.92. The summed E-state index contributed by atoms with van der Waals surface area (Å²) < 4.78 is 0. The largest absolute Gasteiger partial charge is 0.369 e. The van der Waals surface area contributed by atoms with Gasteiger partial charge in [-0.2, -0.15) is 0 Å². The van der Waals surface area contributed by atoms with Crippen LogP contribution in [0.1, 0.15) is 46.5 Å². The van der Waals surface area contributed by atoms with Crippen LogP contribution in [0.3, 0.4) is 0 Å². The fraction of sp³-hybridized carbons (Fsp3) is 0.562. The summed E-state index contributed by atoms with van der Waals surface area (Å²) in [7, 11) is 0. The SMILES string of the molecule is C[C@@H]1C[C@H]2[C@@H]3CCC4=CC(=O)C=C[C@]4(C)C3=CC[C@]2(C)[C@H]1C(=O)CN1CCN(c2cccc(Cl)c2)CC1. The molecule has 3 fully saturated rings. The number of hydrogen-bond donors (Lipinski definition) is 0. The summed E-state index contributed by atoms with van der Waals surface area (Å²) in [6.45, 7) is 11.2. The molecule has 1 aromatic rings. The van der Waals surface area contributed by atoms with Gasteiger partial charge in [-0.1, -0.05) is 54.8 Å². The zero-order valence-electron chi connectivity index (χ0n) is 22.4. The number of rotatable bonds is 4. The summed E-state index contributed by atoms with van der Waals surface area (Å²) >= 11 is 6.20. The Balaban J connectivity index is 1.16. The quantitative estimate of drug-likeness (QED) is 0.450. The second-order valence-electron chi connectivity index (χ2n) is 12.6. The average Bonchev–Trinajstić information content (AvgIpc) is 3.15. The number of ketones is 2. The highest BCUT2D eigenvalue weighted by Gasteiger charge is 2.59. The molecule has 0 unspecified atom stereocenters. The van der Waals surface area contributed by atoms with Crippen molar-refractivity contribution >= 4 is 28.9 Å². The summed E-state index contributed by atoms with van der Waals surface area (Å²) in [5, 5.41) is 0.769. The van der Waals surface area contributed by atoms with E-state index in [9.17, 15) is 9.59 Å². The van der Waals surface area contributed by atoms with Gasteiger partial charge in [0.25, 0.3) is 0 Å². The number of hydrogen-bond acceptors (Lipinski definition) is 4. The van der Waals surface area contributed by atoms with E-state index in [4.69, 9.17) is 11.6 Å². The van der Waals surface area contributed by atoms with E-state index < -0.39 is 0 Å². The van der Waals surface area contributed by atoms with Crippen LogP contribution < -0.4 is 4.90 Å². The van der Waals surface area contributed by atoms with Gasteiger partial charge in [-0.25, -0.2) is 0 Å². The van der Waals surface area contributed by atoms with Crippen LogP contribution in [0.25, 0.3) is 0 Å². The molecule has 0 bridgehead atoms. The van der Waals surface area contributed by atoms with Gasteiger partial charge in [0.05, 0.1) is 6.54 Å². The number of allylic oxidation sites excluding steroid dienone is 6. The van der Waals surface area contributed by atoms with Crippen molar-refractivity contribution in [3.05, 3.63) is 64.7 Å². The molecular weight excluding hydrogens is 480 g/mol.